The van der Waals surface area contributed by atoms with Gasteiger partial charge in [0.25, 0.3) is 0 Å². The molecule has 0 saturated carbocycles. The van der Waals surface area contributed by atoms with Crippen LogP contribution in [0.1, 0.15) is 5.56 Å². The standard InChI is InChI=1S/C21H15ClN2O2S/c1-25-18-10-15-16(12-23)21(20-4-3-9-27-20)24(17(15)11-19(18)26-2)14-7-5-13(22)6-8-14/h3-11H,1-2H3. The van der Waals surface area contributed by atoms with Gasteiger partial charge in [0.05, 0.1) is 35.9 Å². The van der Waals surface area contributed by atoms with Crippen LogP contribution in [0.2, 0.25) is 5.02 Å². The maximum atomic E-state index is 9.96. The number of halogens is 1. The number of thiophene rings is 1. The maximum Gasteiger partial charge on any atom is 0.162 e. The number of ether oxygens (including phenoxy) is 2. The first-order valence-corrected chi connectivity index (χ1v) is 9.44. The summed E-state index contributed by atoms with van der Waals surface area (Å²) in [6, 6.07) is 17.7. The molecule has 0 amide bonds. The Kier molecular flexibility index (Phi) is 4.53. The van der Waals surface area contributed by atoms with Gasteiger partial charge < -0.3 is 14.0 Å². The molecule has 0 aliphatic heterocycles. The molecule has 0 spiro atoms. The van der Waals surface area contributed by atoms with Crippen molar-refractivity contribution in [1.29, 1.82) is 5.26 Å². The number of fused-ring (bicyclic) bond motifs is 1. The van der Waals surface area contributed by atoms with E-state index in [9.17, 15) is 5.26 Å². The number of rotatable bonds is 4. The molecule has 2 aromatic heterocycles. The maximum absolute atomic E-state index is 9.96. The summed E-state index contributed by atoms with van der Waals surface area (Å²) in [5, 5.41) is 13.4. The summed E-state index contributed by atoms with van der Waals surface area (Å²) in [6.07, 6.45) is 0. The lowest BCUT2D eigenvalue weighted by Crippen LogP contribution is -1.97. The van der Waals surface area contributed by atoms with Gasteiger partial charge in [-0.15, -0.1) is 11.3 Å². The molecule has 4 nitrogen and oxygen atoms in total. The summed E-state index contributed by atoms with van der Waals surface area (Å²) >= 11 is 7.67. The van der Waals surface area contributed by atoms with E-state index in [2.05, 4.69) is 10.6 Å². The minimum atomic E-state index is 0.590. The third-order valence-corrected chi connectivity index (χ3v) is 5.55. The van der Waals surface area contributed by atoms with Crippen LogP contribution in [-0.2, 0) is 0 Å². The lowest BCUT2D eigenvalue weighted by molar-refractivity contribution is 0.356. The molecule has 27 heavy (non-hydrogen) atoms. The van der Waals surface area contributed by atoms with Crippen LogP contribution in [0.25, 0.3) is 27.2 Å². The molecule has 0 aliphatic rings. The van der Waals surface area contributed by atoms with Crippen molar-refractivity contribution in [3.8, 4) is 33.8 Å². The van der Waals surface area contributed by atoms with Crippen LogP contribution in [-0.4, -0.2) is 18.8 Å². The van der Waals surface area contributed by atoms with Crippen molar-refractivity contribution in [3.05, 3.63) is 64.5 Å². The Bertz CT molecular complexity index is 1160. The van der Waals surface area contributed by atoms with Gasteiger partial charge in [-0.1, -0.05) is 17.7 Å². The second kappa shape index (κ2) is 6.99. The van der Waals surface area contributed by atoms with Crippen molar-refractivity contribution in [2.24, 2.45) is 0 Å². The zero-order chi connectivity index (χ0) is 19.0. The average Bonchev–Trinajstić information content (AvgIpc) is 3.32. The van der Waals surface area contributed by atoms with E-state index in [0.29, 0.717) is 22.1 Å². The van der Waals surface area contributed by atoms with E-state index in [1.807, 2.05) is 53.9 Å². The zero-order valence-corrected chi connectivity index (χ0v) is 16.3. The molecule has 0 radical (unpaired) electrons. The third kappa shape index (κ3) is 2.84. The normalized spacial score (nSPS) is 10.7. The monoisotopic (exact) mass is 394 g/mol. The minimum Gasteiger partial charge on any atom is -0.493 e. The van der Waals surface area contributed by atoms with Crippen LogP contribution in [0.4, 0.5) is 0 Å². The highest BCUT2D eigenvalue weighted by Gasteiger charge is 2.22. The number of hydrogen-bond acceptors (Lipinski definition) is 4. The Morgan fingerprint density at radius 1 is 1.04 bits per heavy atom. The molecule has 134 valence electrons. The Hall–Kier alpha value is -2.94. The SMILES string of the molecule is COc1cc2c(C#N)c(-c3cccs3)n(-c3ccc(Cl)cc3)c2cc1OC. The van der Waals surface area contributed by atoms with E-state index in [1.165, 1.54) is 0 Å². The topological polar surface area (TPSA) is 47.2 Å². The van der Waals surface area contributed by atoms with E-state index >= 15 is 0 Å². The Balaban J connectivity index is 2.17. The van der Waals surface area contributed by atoms with Crippen molar-refractivity contribution in [2.45, 2.75) is 0 Å². The third-order valence-electron chi connectivity index (χ3n) is 4.42. The van der Waals surface area contributed by atoms with Gasteiger partial charge in [-0.05, 0) is 41.8 Å². The van der Waals surface area contributed by atoms with Gasteiger partial charge in [-0.3, -0.25) is 0 Å². The average molecular weight is 395 g/mol. The van der Waals surface area contributed by atoms with E-state index in [0.717, 1.165) is 27.2 Å². The predicted octanol–water partition coefficient (Wildman–Crippen LogP) is 5.90. The van der Waals surface area contributed by atoms with E-state index in [4.69, 9.17) is 21.1 Å². The summed E-state index contributed by atoms with van der Waals surface area (Å²) in [6.45, 7) is 0. The van der Waals surface area contributed by atoms with Crippen LogP contribution < -0.4 is 9.47 Å². The summed E-state index contributed by atoms with van der Waals surface area (Å²) in [5.41, 5.74) is 3.24. The van der Waals surface area contributed by atoms with Crippen LogP contribution in [0.15, 0.2) is 53.9 Å². The Morgan fingerprint density at radius 2 is 1.74 bits per heavy atom. The van der Waals surface area contributed by atoms with Gasteiger partial charge in [0.15, 0.2) is 11.5 Å². The molecule has 0 unspecified atom stereocenters. The summed E-state index contributed by atoms with van der Waals surface area (Å²) in [4.78, 5) is 1.01. The van der Waals surface area contributed by atoms with Gasteiger partial charge in [-0.2, -0.15) is 5.26 Å². The van der Waals surface area contributed by atoms with Gasteiger partial charge in [0.2, 0.25) is 0 Å². The van der Waals surface area contributed by atoms with Gasteiger partial charge in [0, 0.05) is 22.2 Å². The van der Waals surface area contributed by atoms with Crippen molar-refractivity contribution in [3.63, 3.8) is 0 Å². The van der Waals surface area contributed by atoms with Crippen LogP contribution >= 0.6 is 22.9 Å². The van der Waals surface area contributed by atoms with Crippen molar-refractivity contribution >= 4 is 33.8 Å². The van der Waals surface area contributed by atoms with Crippen molar-refractivity contribution < 1.29 is 9.47 Å². The number of hydrogen-bond donors (Lipinski definition) is 0. The van der Waals surface area contributed by atoms with E-state index in [1.54, 1.807) is 25.6 Å². The van der Waals surface area contributed by atoms with Crippen LogP contribution in [0.5, 0.6) is 11.5 Å². The molecule has 0 N–H and O–H groups in total. The molecule has 6 heteroatoms. The molecule has 0 aliphatic carbocycles. The number of benzene rings is 2. The lowest BCUT2D eigenvalue weighted by atomic mass is 10.1. The molecule has 4 aromatic rings. The molecule has 0 saturated heterocycles. The van der Waals surface area contributed by atoms with Gasteiger partial charge in [-0.25, -0.2) is 0 Å². The zero-order valence-electron chi connectivity index (χ0n) is 14.7. The Morgan fingerprint density at radius 3 is 2.33 bits per heavy atom. The smallest absolute Gasteiger partial charge is 0.162 e. The first-order valence-electron chi connectivity index (χ1n) is 8.18. The molecular formula is C21H15ClN2O2S. The first-order chi connectivity index (χ1) is 13.2. The van der Waals surface area contributed by atoms with Gasteiger partial charge >= 0.3 is 0 Å². The second-order valence-corrected chi connectivity index (χ2v) is 7.23. The number of aromatic nitrogens is 1. The molecular weight excluding hydrogens is 380 g/mol. The highest BCUT2D eigenvalue weighted by Crippen LogP contribution is 2.42. The molecule has 2 heterocycles. The predicted molar refractivity (Wildman–Crippen MR) is 109 cm³/mol. The fraction of sp³-hybridized carbons (Fsp3) is 0.0952. The number of nitrogens with zero attached hydrogens (tertiary/aromatic N) is 2. The van der Waals surface area contributed by atoms with E-state index < -0.39 is 0 Å². The summed E-state index contributed by atoms with van der Waals surface area (Å²) < 4.78 is 13.0. The first kappa shape index (κ1) is 17.5. The largest absolute Gasteiger partial charge is 0.493 e. The molecule has 4 rings (SSSR count). The van der Waals surface area contributed by atoms with Gasteiger partial charge in [0.1, 0.15) is 6.07 Å². The van der Waals surface area contributed by atoms with Crippen molar-refractivity contribution in [2.75, 3.05) is 14.2 Å². The van der Waals surface area contributed by atoms with E-state index in [-0.39, 0.29) is 0 Å². The second-order valence-electron chi connectivity index (χ2n) is 5.85. The quantitative estimate of drug-likeness (QED) is 0.432. The van der Waals surface area contributed by atoms with Crippen LogP contribution in [0, 0.1) is 11.3 Å². The molecule has 0 atom stereocenters. The number of nitriles is 1. The van der Waals surface area contributed by atoms with Crippen molar-refractivity contribution in [1.82, 2.24) is 4.57 Å². The minimum absolute atomic E-state index is 0.590. The molecule has 0 fully saturated rings. The highest BCUT2D eigenvalue weighted by atomic mass is 35.5. The fourth-order valence-corrected chi connectivity index (χ4v) is 4.12. The Labute approximate surface area is 165 Å². The number of methoxy groups -OCH3 is 2. The summed E-state index contributed by atoms with van der Waals surface area (Å²) in [5.74, 6) is 1.20. The van der Waals surface area contributed by atoms with Crippen LogP contribution in [0.3, 0.4) is 0 Å². The molecule has 0 bridgehead atoms. The highest BCUT2D eigenvalue weighted by molar-refractivity contribution is 7.13. The lowest BCUT2D eigenvalue weighted by Gasteiger charge is -2.12. The summed E-state index contributed by atoms with van der Waals surface area (Å²) in [7, 11) is 3.19. The fourth-order valence-electron chi connectivity index (χ4n) is 3.23. The molecule has 2 aromatic carbocycles.